The lowest BCUT2D eigenvalue weighted by Crippen LogP contribution is -2.29. The van der Waals surface area contributed by atoms with Crippen LogP contribution in [0.2, 0.25) is 0 Å². The Morgan fingerprint density at radius 2 is 2.24 bits per heavy atom. The van der Waals surface area contributed by atoms with Crippen LogP contribution < -0.4 is 10.6 Å². The van der Waals surface area contributed by atoms with Crippen molar-refractivity contribution in [3.05, 3.63) is 17.8 Å². The molecule has 0 aliphatic heterocycles. The van der Waals surface area contributed by atoms with E-state index in [1.807, 2.05) is 24.8 Å². The van der Waals surface area contributed by atoms with Gasteiger partial charge >= 0.3 is 0 Å². The molecule has 1 heterocycles. The normalized spacial score (nSPS) is 11.3. The zero-order valence-electron chi connectivity index (χ0n) is 10.0. The van der Waals surface area contributed by atoms with E-state index < -0.39 is 0 Å². The van der Waals surface area contributed by atoms with Crippen LogP contribution in [0.1, 0.15) is 19.4 Å². The largest absolute Gasteiger partial charge is 0.396 e. The zero-order chi connectivity index (χ0) is 12.8. The summed E-state index contributed by atoms with van der Waals surface area (Å²) in [6.07, 6.45) is 1.49. The molecule has 1 rings (SSSR count). The highest BCUT2D eigenvalue weighted by atomic mass is 15.2. The highest BCUT2D eigenvalue weighted by Crippen LogP contribution is 2.21. The van der Waals surface area contributed by atoms with Gasteiger partial charge in [-0.05, 0) is 19.9 Å². The van der Waals surface area contributed by atoms with E-state index in [1.165, 1.54) is 6.20 Å². The van der Waals surface area contributed by atoms with Crippen molar-refractivity contribution in [1.82, 2.24) is 4.98 Å². The van der Waals surface area contributed by atoms with Crippen LogP contribution in [-0.4, -0.2) is 18.1 Å². The first-order valence-corrected chi connectivity index (χ1v) is 5.42. The molecular weight excluding hydrogens is 214 g/mol. The lowest BCUT2D eigenvalue weighted by atomic mass is 10.2. The van der Waals surface area contributed by atoms with Gasteiger partial charge in [0.05, 0.1) is 23.2 Å². The third-order valence-corrected chi connectivity index (χ3v) is 2.42. The van der Waals surface area contributed by atoms with Gasteiger partial charge in [-0.1, -0.05) is 0 Å². The molecule has 1 unspecified atom stereocenters. The van der Waals surface area contributed by atoms with Crippen molar-refractivity contribution in [2.24, 2.45) is 5.92 Å². The first-order chi connectivity index (χ1) is 8.12. The van der Waals surface area contributed by atoms with Crippen LogP contribution in [0.4, 0.5) is 11.5 Å². The number of hydrogen-bond donors (Lipinski definition) is 1. The second-order valence-electron chi connectivity index (χ2n) is 3.82. The molecule has 0 aromatic carbocycles. The minimum Gasteiger partial charge on any atom is -0.396 e. The van der Waals surface area contributed by atoms with Crippen molar-refractivity contribution < 1.29 is 0 Å². The second-order valence-corrected chi connectivity index (χ2v) is 3.82. The molecule has 1 aromatic rings. The van der Waals surface area contributed by atoms with E-state index in [4.69, 9.17) is 16.3 Å². The number of nitrogens with zero attached hydrogens (tertiary/aromatic N) is 4. The van der Waals surface area contributed by atoms with Crippen LogP contribution in [0.5, 0.6) is 0 Å². The Labute approximate surface area is 101 Å². The van der Waals surface area contributed by atoms with Crippen molar-refractivity contribution in [3.63, 3.8) is 0 Å². The van der Waals surface area contributed by atoms with E-state index in [-0.39, 0.29) is 5.92 Å². The minimum atomic E-state index is -0.0909. The number of pyridine rings is 1. The Hall–Kier alpha value is -2.27. The predicted octanol–water partition coefficient (Wildman–Crippen LogP) is 1.52. The molecule has 88 valence electrons. The Kier molecular flexibility index (Phi) is 4.30. The molecule has 1 aromatic heterocycles. The maximum absolute atomic E-state index is 8.81. The van der Waals surface area contributed by atoms with E-state index in [2.05, 4.69) is 11.1 Å². The van der Waals surface area contributed by atoms with E-state index in [1.54, 1.807) is 6.07 Å². The van der Waals surface area contributed by atoms with Crippen molar-refractivity contribution in [2.75, 3.05) is 23.7 Å². The number of nitrogens with two attached hydrogens (primary N) is 1. The number of hydrogen-bond acceptors (Lipinski definition) is 5. The first kappa shape index (κ1) is 12.8. The van der Waals surface area contributed by atoms with E-state index in [0.29, 0.717) is 23.6 Å². The summed E-state index contributed by atoms with van der Waals surface area (Å²) in [6.45, 7) is 5.12. The fourth-order valence-corrected chi connectivity index (χ4v) is 1.54. The van der Waals surface area contributed by atoms with Crippen LogP contribution in [-0.2, 0) is 0 Å². The topological polar surface area (TPSA) is 89.7 Å². The van der Waals surface area contributed by atoms with Crippen molar-refractivity contribution >= 4 is 11.5 Å². The monoisotopic (exact) mass is 229 g/mol. The molecule has 0 aliphatic rings. The number of nitriles is 2. The van der Waals surface area contributed by atoms with Gasteiger partial charge in [0, 0.05) is 19.3 Å². The zero-order valence-corrected chi connectivity index (χ0v) is 10.0. The molecule has 0 bridgehead atoms. The van der Waals surface area contributed by atoms with Crippen LogP contribution in [0, 0.1) is 28.6 Å². The number of nitrogen functional groups attached to an aromatic ring is 1. The fraction of sp³-hybridized carbons (Fsp3) is 0.417. The molecular formula is C12H15N5. The quantitative estimate of drug-likeness (QED) is 0.845. The highest BCUT2D eigenvalue weighted by Gasteiger charge is 2.13. The molecule has 0 saturated heterocycles. The van der Waals surface area contributed by atoms with Crippen LogP contribution in [0.15, 0.2) is 12.3 Å². The van der Waals surface area contributed by atoms with Gasteiger partial charge in [0.1, 0.15) is 6.07 Å². The lowest BCUT2D eigenvalue weighted by Gasteiger charge is -2.24. The fourth-order valence-electron chi connectivity index (χ4n) is 1.54. The summed E-state index contributed by atoms with van der Waals surface area (Å²) in [5, 5.41) is 17.5. The van der Waals surface area contributed by atoms with Crippen LogP contribution in [0.3, 0.4) is 0 Å². The maximum atomic E-state index is 8.81. The predicted molar refractivity (Wildman–Crippen MR) is 66.0 cm³/mol. The molecule has 0 spiro atoms. The summed E-state index contributed by atoms with van der Waals surface area (Å²) < 4.78 is 0. The first-order valence-electron chi connectivity index (χ1n) is 5.42. The van der Waals surface area contributed by atoms with Crippen molar-refractivity contribution in [1.29, 1.82) is 10.5 Å². The molecule has 0 radical (unpaired) electrons. The molecule has 1 atom stereocenters. The van der Waals surface area contributed by atoms with Gasteiger partial charge in [-0.3, -0.25) is 0 Å². The molecule has 0 amide bonds. The number of rotatable bonds is 4. The number of anilines is 2. The van der Waals surface area contributed by atoms with Crippen molar-refractivity contribution in [2.45, 2.75) is 13.8 Å². The summed E-state index contributed by atoms with van der Waals surface area (Å²) in [5.74, 6) is 0.542. The van der Waals surface area contributed by atoms with Gasteiger partial charge in [0.15, 0.2) is 5.82 Å². The smallest absolute Gasteiger partial charge is 0.151 e. The highest BCUT2D eigenvalue weighted by molar-refractivity contribution is 5.64. The standard InChI is InChI=1S/C12H15N5/c1-3-17(8-9(2)5-13)12-11(15)4-10(6-14)7-16-12/h4,7,9H,3,8,15H2,1-2H3. The summed E-state index contributed by atoms with van der Waals surface area (Å²) in [4.78, 5) is 6.11. The van der Waals surface area contributed by atoms with Gasteiger partial charge in [-0.25, -0.2) is 4.98 Å². The molecule has 0 fully saturated rings. The van der Waals surface area contributed by atoms with E-state index in [9.17, 15) is 0 Å². The van der Waals surface area contributed by atoms with Gasteiger partial charge in [0.25, 0.3) is 0 Å². The summed E-state index contributed by atoms with van der Waals surface area (Å²) in [5.41, 5.74) is 6.76. The maximum Gasteiger partial charge on any atom is 0.151 e. The lowest BCUT2D eigenvalue weighted by molar-refractivity contribution is 0.680. The Bertz CT molecular complexity index is 469. The molecule has 17 heavy (non-hydrogen) atoms. The third kappa shape index (κ3) is 3.09. The SMILES string of the molecule is CCN(CC(C)C#N)c1ncc(C#N)cc1N. The average molecular weight is 229 g/mol. The number of aromatic nitrogens is 1. The van der Waals surface area contributed by atoms with Crippen LogP contribution in [0.25, 0.3) is 0 Å². The Morgan fingerprint density at radius 1 is 1.53 bits per heavy atom. The van der Waals surface area contributed by atoms with Gasteiger partial charge in [0.2, 0.25) is 0 Å². The van der Waals surface area contributed by atoms with Crippen LogP contribution >= 0.6 is 0 Å². The van der Waals surface area contributed by atoms with E-state index >= 15 is 0 Å². The molecule has 2 N–H and O–H groups in total. The van der Waals surface area contributed by atoms with Crippen molar-refractivity contribution in [3.8, 4) is 12.1 Å². The van der Waals surface area contributed by atoms with E-state index in [0.717, 1.165) is 6.54 Å². The second kappa shape index (κ2) is 5.72. The average Bonchev–Trinajstić information content (AvgIpc) is 2.35. The Balaban J connectivity index is 2.98. The minimum absolute atomic E-state index is 0.0909. The summed E-state index contributed by atoms with van der Waals surface area (Å²) in [7, 11) is 0. The third-order valence-electron chi connectivity index (χ3n) is 2.42. The summed E-state index contributed by atoms with van der Waals surface area (Å²) >= 11 is 0. The molecule has 0 saturated carbocycles. The Morgan fingerprint density at radius 3 is 2.71 bits per heavy atom. The molecule has 0 aliphatic carbocycles. The molecule has 5 nitrogen and oxygen atoms in total. The molecule has 5 heteroatoms. The van der Waals surface area contributed by atoms with Gasteiger partial charge in [-0.2, -0.15) is 10.5 Å². The van der Waals surface area contributed by atoms with Gasteiger partial charge < -0.3 is 10.6 Å². The van der Waals surface area contributed by atoms with Gasteiger partial charge in [-0.15, -0.1) is 0 Å². The summed E-state index contributed by atoms with van der Waals surface area (Å²) in [6, 6.07) is 5.77.